The second kappa shape index (κ2) is 4.59. The number of nitrogen functional groups attached to an aromatic ring is 1. The number of rotatable bonds is 1. The Hall–Kier alpha value is -1.89. The van der Waals surface area contributed by atoms with E-state index in [0.717, 1.165) is 36.5 Å². The number of piperazine rings is 1. The second-order valence-electron chi connectivity index (χ2n) is 5.67. The molecule has 0 radical (unpaired) electrons. The molecule has 0 bridgehead atoms. The van der Waals surface area contributed by atoms with Crippen molar-refractivity contribution < 1.29 is 0 Å². The first-order valence-corrected chi connectivity index (χ1v) is 7.27. The van der Waals surface area contributed by atoms with Crippen LogP contribution in [0.5, 0.6) is 0 Å². The molecule has 1 unspecified atom stereocenters. The van der Waals surface area contributed by atoms with Crippen molar-refractivity contribution >= 4 is 22.8 Å². The van der Waals surface area contributed by atoms with Crippen LogP contribution < -0.4 is 10.6 Å². The molecule has 0 aliphatic carbocycles. The second-order valence-corrected chi connectivity index (χ2v) is 5.67. The molecule has 0 amide bonds. The Morgan fingerprint density at radius 3 is 3.10 bits per heavy atom. The van der Waals surface area contributed by atoms with E-state index >= 15 is 0 Å². The fraction of sp³-hybridized carbons (Fsp3) is 0.615. The number of aromatic amines is 1. The number of H-pyrrole nitrogens is 1. The molecule has 2 saturated heterocycles. The van der Waals surface area contributed by atoms with Gasteiger partial charge in [0.15, 0.2) is 5.65 Å². The maximum atomic E-state index is 5.82. The average molecular weight is 273 g/mol. The van der Waals surface area contributed by atoms with Crippen molar-refractivity contribution in [2.75, 3.05) is 36.8 Å². The van der Waals surface area contributed by atoms with Gasteiger partial charge in [0.1, 0.15) is 5.82 Å². The molecule has 2 aliphatic rings. The standard InChI is InChI=1S/C13H19N7/c14-13-16-11-10(7-15-18-11)12(17-13)20-6-5-19-4-2-1-3-9(19)8-20/h7,9H,1-6,8H2,(H3,14,15,16,17,18). The fourth-order valence-electron chi connectivity index (χ4n) is 3.43. The molecule has 0 saturated carbocycles. The summed E-state index contributed by atoms with van der Waals surface area (Å²) in [5, 5.41) is 7.90. The normalized spacial score (nSPS) is 24.0. The molecule has 2 aliphatic heterocycles. The Labute approximate surface area is 117 Å². The zero-order valence-corrected chi connectivity index (χ0v) is 11.4. The summed E-state index contributed by atoms with van der Waals surface area (Å²) in [4.78, 5) is 13.6. The first-order chi connectivity index (χ1) is 9.81. The van der Waals surface area contributed by atoms with Crippen LogP contribution >= 0.6 is 0 Å². The summed E-state index contributed by atoms with van der Waals surface area (Å²) in [6.07, 6.45) is 5.74. The van der Waals surface area contributed by atoms with Crippen molar-refractivity contribution in [2.24, 2.45) is 0 Å². The van der Waals surface area contributed by atoms with Crippen LogP contribution in [0.15, 0.2) is 6.20 Å². The van der Waals surface area contributed by atoms with Crippen LogP contribution in [0.3, 0.4) is 0 Å². The number of anilines is 2. The van der Waals surface area contributed by atoms with Crippen molar-refractivity contribution in [2.45, 2.75) is 25.3 Å². The smallest absolute Gasteiger partial charge is 0.224 e. The summed E-state index contributed by atoms with van der Waals surface area (Å²) in [6.45, 7) is 4.36. The van der Waals surface area contributed by atoms with Gasteiger partial charge in [-0.05, 0) is 19.4 Å². The number of hydrogen-bond acceptors (Lipinski definition) is 6. The molecule has 2 aromatic heterocycles. The molecular weight excluding hydrogens is 254 g/mol. The number of aromatic nitrogens is 4. The molecule has 106 valence electrons. The van der Waals surface area contributed by atoms with Crippen molar-refractivity contribution in [3.8, 4) is 0 Å². The molecule has 2 aromatic rings. The number of piperidine rings is 1. The lowest BCUT2D eigenvalue weighted by molar-refractivity contribution is 0.133. The molecule has 1 atom stereocenters. The summed E-state index contributed by atoms with van der Waals surface area (Å²) < 4.78 is 0. The number of nitrogens with one attached hydrogen (secondary N) is 1. The molecule has 0 aromatic carbocycles. The molecule has 4 heterocycles. The highest BCUT2D eigenvalue weighted by Gasteiger charge is 2.30. The molecular formula is C13H19N7. The van der Waals surface area contributed by atoms with E-state index in [0.29, 0.717) is 12.0 Å². The zero-order valence-electron chi connectivity index (χ0n) is 11.4. The van der Waals surface area contributed by atoms with Crippen LogP contribution in [0.25, 0.3) is 11.0 Å². The predicted molar refractivity (Wildman–Crippen MR) is 77.5 cm³/mol. The van der Waals surface area contributed by atoms with Crippen LogP contribution in [-0.2, 0) is 0 Å². The predicted octanol–water partition coefficient (Wildman–Crippen LogP) is 0.610. The SMILES string of the molecule is Nc1nc(N2CCN3CCCCC3C2)c2cn[nH]c2n1. The Kier molecular flexibility index (Phi) is 2.73. The van der Waals surface area contributed by atoms with Crippen LogP contribution in [0.4, 0.5) is 11.8 Å². The minimum absolute atomic E-state index is 0.308. The van der Waals surface area contributed by atoms with E-state index in [1.54, 1.807) is 6.20 Å². The van der Waals surface area contributed by atoms with Gasteiger partial charge >= 0.3 is 0 Å². The minimum atomic E-state index is 0.308. The Bertz CT molecular complexity index is 622. The Morgan fingerprint density at radius 2 is 2.15 bits per heavy atom. The van der Waals surface area contributed by atoms with Crippen molar-refractivity contribution in [3.05, 3.63) is 6.20 Å². The quantitative estimate of drug-likeness (QED) is 0.791. The number of nitrogens with zero attached hydrogens (tertiary/aromatic N) is 5. The lowest BCUT2D eigenvalue weighted by Gasteiger charge is -2.44. The third kappa shape index (κ3) is 1.89. The van der Waals surface area contributed by atoms with E-state index in [1.807, 2.05) is 0 Å². The molecule has 20 heavy (non-hydrogen) atoms. The van der Waals surface area contributed by atoms with Crippen molar-refractivity contribution in [1.29, 1.82) is 0 Å². The largest absolute Gasteiger partial charge is 0.368 e. The van der Waals surface area contributed by atoms with Crippen LogP contribution in [0, 0.1) is 0 Å². The van der Waals surface area contributed by atoms with E-state index in [2.05, 4.69) is 30.0 Å². The van der Waals surface area contributed by atoms with E-state index in [1.165, 1.54) is 25.8 Å². The number of nitrogens with two attached hydrogens (primary N) is 1. The van der Waals surface area contributed by atoms with Crippen molar-refractivity contribution in [3.63, 3.8) is 0 Å². The summed E-state index contributed by atoms with van der Waals surface area (Å²) in [7, 11) is 0. The first-order valence-electron chi connectivity index (χ1n) is 7.27. The topological polar surface area (TPSA) is 87.0 Å². The summed E-state index contributed by atoms with van der Waals surface area (Å²) >= 11 is 0. The van der Waals surface area contributed by atoms with E-state index < -0.39 is 0 Å². The van der Waals surface area contributed by atoms with Gasteiger partial charge in [0.25, 0.3) is 0 Å². The highest BCUT2D eigenvalue weighted by Crippen LogP contribution is 2.28. The van der Waals surface area contributed by atoms with Gasteiger partial charge in [0.2, 0.25) is 5.95 Å². The highest BCUT2D eigenvalue weighted by atomic mass is 15.3. The zero-order chi connectivity index (χ0) is 13.5. The number of fused-ring (bicyclic) bond motifs is 2. The summed E-state index contributed by atoms with van der Waals surface area (Å²) in [5.41, 5.74) is 6.54. The summed E-state index contributed by atoms with van der Waals surface area (Å²) in [6, 6.07) is 0.649. The highest BCUT2D eigenvalue weighted by molar-refractivity contribution is 5.87. The van der Waals surface area contributed by atoms with Crippen LogP contribution in [-0.4, -0.2) is 57.3 Å². The van der Waals surface area contributed by atoms with Gasteiger partial charge in [-0.15, -0.1) is 0 Å². The minimum Gasteiger partial charge on any atom is -0.368 e. The maximum absolute atomic E-state index is 5.82. The van der Waals surface area contributed by atoms with Crippen molar-refractivity contribution in [1.82, 2.24) is 25.1 Å². The van der Waals surface area contributed by atoms with Crippen LogP contribution in [0.1, 0.15) is 19.3 Å². The Balaban J connectivity index is 1.67. The lowest BCUT2D eigenvalue weighted by Crippen LogP contribution is -2.55. The Morgan fingerprint density at radius 1 is 1.20 bits per heavy atom. The molecule has 4 rings (SSSR count). The number of hydrogen-bond donors (Lipinski definition) is 2. The van der Waals surface area contributed by atoms with Gasteiger partial charge in [0, 0.05) is 25.7 Å². The van der Waals surface area contributed by atoms with E-state index in [9.17, 15) is 0 Å². The van der Waals surface area contributed by atoms with E-state index in [4.69, 9.17) is 5.73 Å². The molecule has 7 nitrogen and oxygen atoms in total. The maximum Gasteiger partial charge on any atom is 0.224 e. The molecule has 3 N–H and O–H groups in total. The first kappa shape index (κ1) is 11.9. The average Bonchev–Trinajstić information content (AvgIpc) is 2.94. The molecule has 2 fully saturated rings. The lowest BCUT2D eigenvalue weighted by atomic mass is 9.99. The fourth-order valence-corrected chi connectivity index (χ4v) is 3.43. The van der Waals surface area contributed by atoms with Gasteiger partial charge in [-0.1, -0.05) is 6.42 Å². The molecule has 0 spiro atoms. The van der Waals surface area contributed by atoms with Gasteiger partial charge in [0.05, 0.1) is 11.6 Å². The monoisotopic (exact) mass is 273 g/mol. The van der Waals surface area contributed by atoms with Gasteiger partial charge in [-0.25, -0.2) is 0 Å². The molecule has 7 heteroatoms. The van der Waals surface area contributed by atoms with E-state index in [-0.39, 0.29) is 0 Å². The van der Waals surface area contributed by atoms with Gasteiger partial charge in [-0.3, -0.25) is 10.00 Å². The van der Waals surface area contributed by atoms with Gasteiger partial charge in [-0.2, -0.15) is 15.1 Å². The summed E-state index contributed by atoms with van der Waals surface area (Å²) in [5.74, 6) is 1.23. The van der Waals surface area contributed by atoms with Crippen LogP contribution in [0.2, 0.25) is 0 Å². The third-order valence-corrected chi connectivity index (χ3v) is 4.44. The third-order valence-electron chi connectivity index (χ3n) is 4.44. The van der Waals surface area contributed by atoms with Gasteiger partial charge < -0.3 is 10.6 Å².